The molecule has 1 aromatic heterocycles. The molecule has 0 saturated carbocycles. The molecule has 0 atom stereocenters. The van der Waals surface area contributed by atoms with Crippen LogP contribution in [0.25, 0.3) is 0 Å². The smallest absolute Gasteiger partial charge is 0.142 e. The highest BCUT2D eigenvalue weighted by Gasteiger charge is 2.10. The minimum atomic E-state index is 0.523. The van der Waals surface area contributed by atoms with Gasteiger partial charge in [-0.05, 0) is 26.1 Å². The van der Waals surface area contributed by atoms with Gasteiger partial charge in [0.1, 0.15) is 18.2 Å². The molecular formula is C14H17Cl2N3O. The standard InChI is InChI=1S/C14H17Cl2N3O/c1-10-18-3-4-19(10)5-6-20-14-11(9-17-2)7-12(15)8-13(14)16/h3-4,7-8,17H,5-6,9H2,1-2H3. The van der Waals surface area contributed by atoms with E-state index in [1.54, 1.807) is 12.3 Å². The summed E-state index contributed by atoms with van der Waals surface area (Å²) in [6, 6.07) is 3.56. The lowest BCUT2D eigenvalue weighted by molar-refractivity contribution is 0.294. The molecule has 1 heterocycles. The van der Waals surface area contributed by atoms with Gasteiger partial charge in [-0.2, -0.15) is 0 Å². The summed E-state index contributed by atoms with van der Waals surface area (Å²) in [4.78, 5) is 4.17. The van der Waals surface area contributed by atoms with Crippen molar-refractivity contribution in [2.24, 2.45) is 0 Å². The van der Waals surface area contributed by atoms with Crippen LogP contribution < -0.4 is 10.1 Å². The third-order valence-electron chi connectivity index (χ3n) is 2.95. The summed E-state index contributed by atoms with van der Waals surface area (Å²) in [5.41, 5.74) is 0.951. The number of benzene rings is 1. The van der Waals surface area contributed by atoms with Gasteiger partial charge in [-0.25, -0.2) is 4.98 Å². The summed E-state index contributed by atoms with van der Waals surface area (Å²) in [6.45, 7) is 3.86. The maximum absolute atomic E-state index is 6.21. The number of hydrogen-bond acceptors (Lipinski definition) is 3. The fourth-order valence-electron chi connectivity index (χ4n) is 1.98. The Morgan fingerprint density at radius 3 is 2.80 bits per heavy atom. The second kappa shape index (κ2) is 6.97. The molecule has 1 N–H and O–H groups in total. The topological polar surface area (TPSA) is 39.1 Å². The number of ether oxygens (including phenoxy) is 1. The van der Waals surface area contributed by atoms with E-state index in [0.717, 1.165) is 17.9 Å². The van der Waals surface area contributed by atoms with Gasteiger partial charge in [0.05, 0.1) is 11.6 Å². The molecule has 0 fully saturated rings. The Balaban J connectivity index is 2.06. The SMILES string of the molecule is CNCc1cc(Cl)cc(Cl)c1OCCn1ccnc1C. The van der Waals surface area contributed by atoms with Crippen LogP contribution in [-0.2, 0) is 13.1 Å². The maximum atomic E-state index is 6.21. The third-order valence-corrected chi connectivity index (χ3v) is 3.45. The van der Waals surface area contributed by atoms with Gasteiger partial charge >= 0.3 is 0 Å². The van der Waals surface area contributed by atoms with Gasteiger partial charge in [0.2, 0.25) is 0 Å². The van der Waals surface area contributed by atoms with E-state index in [9.17, 15) is 0 Å². The summed E-state index contributed by atoms with van der Waals surface area (Å²) >= 11 is 12.2. The predicted octanol–water partition coefficient (Wildman–Crippen LogP) is 3.30. The molecule has 0 aliphatic rings. The van der Waals surface area contributed by atoms with Crippen molar-refractivity contribution >= 4 is 23.2 Å². The molecule has 2 aromatic rings. The van der Waals surface area contributed by atoms with Crippen LogP contribution in [0.4, 0.5) is 0 Å². The highest BCUT2D eigenvalue weighted by atomic mass is 35.5. The largest absolute Gasteiger partial charge is 0.490 e. The zero-order valence-corrected chi connectivity index (χ0v) is 13.0. The average Bonchev–Trinajstić information content (AvgIpc) is 2.78. The zero-order valence-electron chi connectivity index (χ0n) is 11.5. The quantitative estimate of drug-likeness (QED) is 0.889. The second-order valence-electron chi connectivity index (χ2n) is 4.42. The average molecular weight is 314 g/mol. The van der Waals surface area contributed by atoms with Crippen molar-refractivity contribution in [2.75, 3.05) is 13.7 Å². The number of halogens is 2. The molecule has 4 nitrogen and oxygen atoms in total. The first-order valence-corrected chi connectivity index (χ1v) is 7.10. The van der Waals surface area contributed by atoms with Crippen molar-refractivity contribution in [1.29, 1.82) is 0 Å². The fraction of sp³-hybridized carbons (Fsp3) is 0.357. The lowest BCUT2D eigenvalue weighted by Crippen LogP contribution is -2.12. The van der Waals surface area contributed by atoms with Crippen molar-refractivity contribution in [3.05, 3.63) is 46.0 Å². The molecule has 0 unspecified atom stereocenters. The summed E-state index contributed by atoms with van der Waals surface area (Å²) in [6.07, 6.45) is 3.70. The number of aryl methyl sites for hydroxylation is 1. The maximum Gasteiger partial charge on any atom is 0.142 e. The first-order valence-electron chi connectivity index (χ1n) is 6.35. The molecule has 0 spiro atoms. The lowest BCUT2D eigenvalue weighted by atomic mass is 10.2. The molecule has 6 heteroatoms. The summed E-state index contributed by atoms with van der Waals surface area (Å²) in [5, 5.41) is 4.22. The summed E-state index contributed by atoms with van der Waals surface area (Å²) in [7, 11) is 1.87. The molecule has 2 rings (SSSR count). The number of rotatable bonds is 6. The van der Waals surface area contributed by atoms with Crippen LogP contribution in [0.15, 0.2) is 24.5 Å². The fourth-order valence-corrected chi connectivity index (χ4v) is 2.57. The highest BCUT2D eigenvalue weighted by Crippen LogP contribution is 2.32. The van der Waals surface area contributed by atoms with Crippen LogP contribution in [0, 0.1) is 6.92 Å². The first-order chi connectivity index (χ1) is 9.61. The van der Waals surface area contributed by atoms with E-state index in [0.29, 0.717) is 28.9 Å². The van der Waals surface area contributed by atoms with E-state index in [2.05, 4.69) is 10.3 Å². The molecule has 108 valence electrons. The van der Waals surface area contributed by atoms with E-state index < -0.39 is 0 Å². The number of hydrogen-bond donors (Lipinski definition) is 1. The molecule has 20 heavy (non-hydrogen) atoms. The number of imidazole rings is 1. The molecule has 0 radical (unpaired) electrons. The minimum Gasteiger partial charge on any atom is -0.490 e. The Morgan fingerprint density at radius 1 is 1.35 bits per heavy atom. The normalized spacial score (nSPS) is 10.8. The van der Waals surface area contributed by atoms with Gasteiger partial charge in [0.15, 0.2) is 0 Å². The van der Waals surface area contributed by atoms with E-state index in [1.165, 1.54) is 0 Å². The Morgan fingerprint density at radius 2 is 2.15 bits per heavy atom. The number of nitrogens with zero attached hydrogens (tertiary/aromatic N) is 2. The first kappa shape index (κ1) is 15.2. The van der Waals surface area contributed by atoms with Crippen molar-refractivity contribution < 1.29 is 4.74 Å². The molecular weight excluding hydrogens is 297 g/mol. The van der Waals surface area contributed by atoms with Gasteiger partial charge in [0.25, 0.3) is 0 Å². The van der Waals surface area contributed by atoms with Gasteiger partial charge in [-0.15, -0.1) is 0 Å². The summed E-state index contributed by atoms with van der Waals surface area (Å²) in [5.74, 6) is 1.65. The minimum absolute atomic E-state index is 0.523. The molecule has 0 aliphatic heterocycles. The van der Waals surface area contributed by atoms with E-state index in [-0.39, 0.29) is 0 Å². The van der Waals surface area contributed by atoms with Crippen LogP contribution in [0.3, 0.4) is 0 Å². The lowest BCUT2D eigenvalue weighted by Gasteiger charge is -2.14. The van der Waals surface area contributed by atoms with Crippen molar-refractivity contribution in [1.82, 2.24) is 14.9 Å². The Kier molecular flexibility index (Phi) is 5.29. The van der Waals surface area contributed by atoms with Crippen LogP contribution in [-0.4, -0.2) is 23.2 Å². The van der Waals surface area contributed by atoms with Crippen LogP contribution >= 0.6 is 23.2 Å². The Labute approximate surface area is 128 Å². The van der Waals surface area contributed by atoms with E-state index in [4.69, 9.17) is 27.9 Å². The second-order valence-corrected chi connectivity index (χ2v) is 5.27. The summed E-state index contributed by atoms with van der Waals surface area (Å²) < 4.78 is 7.85. The van der Waals surface area contributed by atoms with Gasteiger partial charge in [0, 0.05) is 29.5 Å². The number of nitrogens with one attached hydrogen (secondary N) is 1. The Bertz CT molecular complexity index is 584. The van der Waals surface area contributed by atoms with E-state index >= 15 is 0 Å². The Hall–Kier alpha value is -1.23. The predicted molar refractivity (Wildman–Crippen MR) is 81.7 cm³/mol. The van der Waals surface area contributed by atoms with Crippen molar-refractivity contribution in [3.63, 3.8) is 0 Å². The monoisotopic (exact) mass is 313 g/mol. The van der Waals surface area contributed by atoms with Crippen LogP contribution in [0.1, 0.15) is 11.4 Å². The molecule has 0 saturated heterocycles. The van der Waals surface area contributed by atoms with Gasteiger partial charge < -0.3 is 14.6 Å². The van der Waals surface area contributed by atoms with E-state index in [1.807, 2.05) is 30.8 Å². The molecule has 0 aliphatic carbocycles. The van der Waals surface area contributed by atoms with Crippen LogP contribution in [0.2, 0.25) is 10.0 Å². The van der Waals surface area contributed by atoms with Gasteiger partial charge in [-0.1, -0.05) is 23.2 Å². The number of aromatic nitrogens is 2. The van der Waals surface area contributed by atoms with Crippen molar-refractivity contribution in [2.45, 2.75) is 20.0 Å². The van der Waals surface area contributed by atoms with Gasteiger partial charge in [-0.3, -0.25) is 0 Å². The molecule has 1 aromatic carbocycles. The van der Waals surface area contributed by atoms with Crippen LogP contribution in [0.5, 0.6) is 5.75 Å². The molecule has 0 amide bonds. The highest BCUT2D eigenvalue weighted by molar-refractivity contribution is 6.35. The molecule has 0 bridgehead atoms. The van der Waals surface area contributed by atoms with Crippen molar-refractivity contribution in [3.8, 4) is 5.75 Å². The third kappa shape index (κ3) is 3.66. The zero-order chi connectivity index (χ0) is 14.5.